The van der Waals surface area contributed by atoms with E-state index in [4.69, 9.17) is 5.73 Å². The molecule has 0 radical (unpaired) electrons. The summed E-state index contributed by atoms with van der Waals surface area (Å²) in [5.74, 6) is 0.643. The van der Waals surface area contributed by atoms with Crippen LogP contribution in [0.5, 0.6) is 0 Å². The number of benzene rings is 1. The summed E-state index contributed by atoms with van der Waals surface area (Å²) in [7, 11) is 0. The standard InChI is InChI=1S/C15H19N5/c1-2-8-19-14(10-17-15(19)16)12-9-18-20(11-12)13-6-4-3-5-7-13/h3-7,9,11,14H,2,8,10H2,1H3,(H2,16,17). The Morgan fingerprint density at radius 2 is 2.10 bits per heavy atom. The molecule has 1 aliphatic rings. The second-order valence-corrected chi connectivity index (χ2v) is 4.96. The summed E-state index contributed by atoms with van der Waals surface area (Å²) < 4.78 is 1.90. The Kier molecular flexibility index (Phi) is 3.41. The minimum atomic E-state index is 0.215. The normalized spacial score (nSPS) is 18.4. The van der Waals surface area contributed by atoms with Crippen LogP contribution >= 0.6 is 0 Å². The predicted octanol–water partition coefficient (Wildman–Crippen LogP) is 1.95. The Hall–Kier alpha value is -2.30. The molecule has 0 spiro atoms. The van der Waals surface area contributed by atoms with Gasteiger partial charge >= 0.3 is 0 Å². The summed E-state index contributed by atoms with van der Waals surface area (Å²) in [4.78, 5) is 6.52. The number of aromatic nitrogens is 2. The van der Waals surface area contributed by atoms with Crippen molar-refractivity contribution in [1.29, 1.82) is 0 Å². The lowest BCUT2D eigenvalue weighted by molar-refractivity contribution is 0.347. The first-order valence-electron chi connectivity index (χ1n) is 6.96. The fourth-order valence-electron chi connectivity index (χ4n) is 2.56. The molecule has 1 aromatic heterocycles. The van der Waals surface area contributed by atoms with E-state index in [0.717, 1.165) is 24.2 Å². The Morgan fingerprint density at radius 3 is 2.85 bits per heavy atom. The van der Waals surface area contributed by atoms with E-state index in [2.05, 4.69) is 28.1 Å². The van der Waals surface area contributed by atoms with Crippen LogP contribution in [0.2, 0.25) is 0 Å². The quantitative estimate of drug-likeness (QED) is 0.923. The number of rotatable bonds is 4. The fraction of sp³-hybridized carbons (Fsp3) is 0.333. The first kappa shape index (κ1) is 12.7. The highest BCUT2D eigenvalue weighted by molar-refractivity contribution is 5.80. The molecule has 1 unspecified atom stereocenters. The Balaban J connectivity index is 1.84. The molecule has 0 amide bonds. The van der Waals surface area contributed by atoms with Gasteiger partial charge in [0.2, 0.25) is 0 Å². The lowest BCUT2D eigenvalue weighted by Crippen LogP contribution is -2.36. The van der Waals surface area contributed by atoms with Gasteiger partial charge in [-0.25, -0.2) is 4.68 Å². The van der Waals surface area contributed by atoms with E-state index >= 15 is 0 Å². The molecule has 20 heavy (non-hydrogen) atoms. The Labute approximate surface area is 118 Å². The molecule has 5 heteroatoms. The highest BCUT2D eigenvalue weighted by atomic mass is 15.3. The van der Waals surface area contributed by atoms with Crippen molar-refractivity contribution < 1.29 is 0 Å². The maximum atomic E-state index is 5.96. The third kappa shape index (κ3) is 2.27. The number of nitrogens with zero attached hydrogens (tertiary/aromatic N) is 4. The lowest BCUT2D eigenvalue weighted by Gasteiger charge is -2.24. The summed E-state index contributed by atoms with van der Waals surface area (Å²) >= 11 is 0. The van der Waals surface area contributed by atoms with Crippen molar-refractivity contribution in [1.82, 2.24) is 14.7 Å². The van der Waals surface area contributed by atoms with Gasteiger partial charge in [0, 0.05) is 18.3 Å². The van der Waals surface area contributed by atoms with Crippen LogP contribution < -0.4 is 5.73 Å². The van der Waals surface area contributed by atoms with E-state index in [1.165, 1.54) is 0 Å². The van der Waals surface area contributed by atoms with Crippen molar-refractivity contribution in [2.24, 2.45) is 10.7 Å². The second kappa shape index (κ2) is 5.36. The van der Waals surface area contributed by atoms with Gasteiger partial charge in [0.15, 0.2) is 5.96 Å². The highest BCUT2D eigenvalue weighted by Gasteiger charge is 2.27. The van der Waals surface area contributed by atoms with Crippen molar-refractivity contribution in [2.45, 2.75) is 19.4 Å². The van der Waals surface area contributed by atoms with Gasteiger partial charge in [0.25, 0.3) is 0 Å². The first-order chi connectivity index (χ1) is 9.79. The average molecular weight is 269 g/mol. The van der Waals surface area contributed by atoms with Crippen molar-refractivity contribution in [2.75, 3.05) is 13.1 Å². The van der Waals surface area contributed by atoms with Crippen LogP contribution in [-0.2, 0) is 0 Å². The zero-order valence-corrected chi connectivity index (χ0v) is 11.6. The minimum absolute atomic E-state index is 0.215. The van der Waals surface area contributed by atoms with Gasteiger partial charge in [-0.05, 0) is 18.6 Å². The SMILES string of the molecule is CCCN1C(N)=NCC1c1cnn(-c2ccccc2)c1. The molecule has 1 atom stereocenters. The lowest BCUT2D eigenvalue weighted by atomic mass is 10.1. The minimum Gasteiger partial charge on any atom is -0.370 e. The van der Waals surface area contributed by atoms with Gasteiger partial charge in [0.05, 0.1) is 24.5 Å². The van der Waals surface area contributed by atoms with Gasteiger partial charge in [-0.2, -0.15) is 5.10 Å². The molecule has 0 aliphatic carbocycles. The summed E-state index contributed by atoms with van der Waals surface area (Å²) in [6, 6.07) is 10.3. The van der Waals surface area contributed by atoms with Crippen molar-refractivity contribution >= 4 is 5.96 Å². The molecule has 2 heterocycles. The van der Waals surface area contributed by atoms with E-state index in [1.807, 2.05) is 41.2 Å². The van der Waals surface area contributed by atoms with Gasteiger partial charge in [0.1, 0.15) is 0 Å². The van der Waals surface area contributed by atoms with Crippen LogP contribution in [-0.4, -0.2) is 33.7 Å². The number of hydrogen-bond acceptors (Lipinski definition) is 4. The number of hydrogen-bond donors (Lipinski definition) is 1. The maximum absolute atomic E-state index is 5.96. The van der Waals surface area contributed by atoms with Crippen LogP contribution in [0.4, 0.5) is 0 Å². The topological polar surface area (TPSA) is 59.4 Å². The van der Waals surface area contributed by atoms with Crippen LogP contribution in [0.15, 0.2) is 47.7 Å². The molecule has 0 saturated carbocycles. The van der Waals surface area contributed by atoms with Crippen molar-refractivity contribution in [3.63, 3.8) is 0 Å². The molecule has 0 bridgehead atoms. The number of para-hydroxylation sites is 1. The van der Waals surface area contributed by atoms with E-state index in [0.29, 0.717) is 12.5 Å². The van der Waals surface area contributed by atoms with E-state index in [9.17, 15) is 0 Å². The van der Waals surface area contributed by atoms with Crippen LogP contribution in [0, 0.1) is 0 Å². The summed E-state index contributed by atoms with van der Waals surface area (Å²) in [6.45, 7) is 3.79. The van der Waals surface area contributed by atoms with E-state index in [-0.39, 0.29) is 6.04 Å². The molecule has 1 aromatic carbocycles. The fourth-order valence-corrected chi connectivity index (χ4v) is 2.56. The third-order valence-corrected chi connectivity index (χ3v) is 3.57. The van der Waals surface area contributed by atoms with Gasteiger partial charge in [-0.3, -0.25) is 4.99 Å². The second-order valence-electron chi connectivity index (χ2n) is 4.96. The molecular weight excluding hydrogens is 250 g/mol. The molecule has 0 fully saturated rings. The molecule has 3 rings (SSSR count). The monoisotopic (exact) mass is 269 g/mol. The van der Waals surface area contributed by atoms with Crippen LogP contribution in [0.25, 0.3) is 5.69 Å². The molecule has 1 aliphatic heterocycles. The van der Waals surface area contributed by atoms with Crippen molar-refractivity contribution in [3.05, 3.63) is 48.3 Å². The molecule has 2 aromatic rings. The molecule has 0 saturated heterocycles. The highest BCUT2D eigenvalue weighted by Crippen LogP contribution is 2.25. The van der Waals surface area contributed by atoms with Gasteiger partial charge in [-0.15, -0.1) is 0 Å². The summed E-state index contributed by atoms with van der Waals surface area (Å²) in [5.41, 5.74) is 8.18. The van der Waals surface area contributed by atoms with E-state index < -0.39 is 0 Å². The van der Waals surface area contributed by atoms with Crippen LogP contribution in [0.1, 0.15) is 24.9 Å². The van der Waals surface area contributed by atoms with E-state index in [1.54, 1.807) is 0 Å². The molecular formula is C15H19N5. The Bertz CT molecular complexity index is 602. The zero-order chi connectivity index (χ0) is 13.9. The molecule has 104 valence electrons. The van der Waals surface area contributed by atoms with Gasteiger partial charge in [-0.1, -0.05) is 25.1 Å². The average Bonchev–Trinajstić information content (AvgIpc) is 3.08. The zero-order valence-electron chi connectivity index (χ0n) is 11.6. The first-order valence-corrected chi connectivity index (χ1v) is 6.96. The van der Waals surface area contributed by atoms with Crippen LogP contribution in [0.3, 0.4) is 0 Å². The number of aliphatic imine (C=N–C) groups is 1. The number of nitrogens with two attached hydrogens (primary N) is 1. The largest absolute Gasteiger partial charge is 0.370 e. The molecule has 2 N–H and O–H groups in total. The van der Waals surface area contributed by atoms with Gasteiger partial charge < -0.3 is 10.6 Å². The maximum Gasteiger partial charge on any atom is 0.191 e. The number of guanidine groups is 1. The predicted molar refractivity (Wildman–Crippen MR) is 79.8 cm³/mol. The Morgan fingerprint density at radius 1 is 1.30 bits per heavy atom. The van der Waals surface area contributed by atoms with Crippen molar-refractivity contribution in [3.8, 4) is 5.69 Å². The molecule has 5 nitrogen and oxygen atoms in total. The smallest absolute Gasteiger partial charge is 0.191 e. The third-order valence-electron chi connectivity index (χ3n) is 3.57. The summed E-state index contributed by atoms with van der Waals surface area (Å²) in [5, 5.41) is 4.45. The summed E-state index contributed by atoms with van der Waals surface area (Å²) in [6.07, 6.45) is 5.03.